The van der Waals surface area contributed by atoms with E-state index in [2.05, 4.69) is 26.2 Å². The van der Waals surface area contributed by atoms with E-state index >= 15 is 0 Å². The molecule has 0 fully saturated rings. The number of thiocarbonyl (C=S) groups is 1. The minimum atomic E-state index is -0.242. The Morgan fingerprint density at radius 2 is 1.83 bits per heavy atom. The minimum Gasteiger partial charge on any atom is -0.489 e. The molecule has 1 aliphatic heterocycles. The Labute approximate surface area is 149 Å². The summed E-state index contributed by atoms with van der Waals surface area (Å²) in [6, 6.07) is 13.9. The summed E-state index contributed by atoms with van der Waals surface area (Å²) in [5.74, 6) is 0.823. The maximum atomic E-state index is 5.93. The lowest BCUT2D eigenvalue weighted by Crippen LogP contribution is -2.36. The molecular weight excluding hydrogens is 374 g/mol. The summed E-state index contributed by atoms with van der Waals surface area (Å²) >= 11 is 8.86. The smallest absolute Gasteiger partial charge is 0.222 e. The Hall–Kier alpha value is -1.79. The van der Waals surface area contributed by atoms with Gasteiger partial charge in [-0.1, -0.05) is 34.1 Å². The van der Waals surface area contributed by atoms with E-state index in [-0.39, 0.29) is 6.17 Å². The number of ether oxygens (including phenoxy) is 1. The number of anilines is 1. The average molecular weight is 390 g/mol. The summed E-state index contributed by atoms with van der Waals surface area (Å²) < 4.78 is 7.04. The lowest BCUT2D eigenvalue weighted by atomic mass is 10.1. The van der Waals surface area contributed by atoms with Crippen LogP contribution < -0.4 is 9.64 Å². The predicted molar refractivity (Wildman–Crippen MR) is 99.3 cm³/mol. The topological polar surface area (TPSA) is 37.2 Å². The van der Waals surface area contributed by atoms with Crippen LogP contribution >= 0.6 is 28.1 Å². The van der Waals surface area contributed by atoms with E-state index in [1.54, 1.807) is 0 Å². The molecule has 0 N–H and O–H groups in total. The molecule has 118 valence electrons. The van der Waals surface area contributed by atoms with Gasteiger partial charge in [0.1, 0.15) is 12.4 Å². The highest BCUT2D eigenvalue weighted by Gasteiger charge is 2.28. The van der Waals surface area contributed by atoms with Gasteiger partial charge >= 0.3 is 0 Å². The molecule has 1 heterocycles. The molecule has 1 aliphatic rings. The summed E-state index contributed by atoms with van der Waals surface area (Å²) in [6.07, 6.45) is -0.242. The Bertz CT molecular complexity index is 741. The van der Waals surface area contributed by atoms with Crippen LogP contribution in [0.4, 0.5) is 5.69 Å². The fraction of sp³-hybridized carbons (Fsp3) is 0.235. The van der Waals surface area contributed by atoms with E-state index in [4.69, 9.17) is 17.0 Å². The zero-order valence-corrected chi connectivity index (χ0v) is 15.3. The van der Waals surface area contributed by atoms with Gasteiger partial charge in [0.2, 0.25) is 5.11 Å². The molecule has 1 unspecified atom stereocenters. The quantitative estimate of drug-likeness (QED) is 0.688. The summed E-state index contributed by atoms with van der Waals surface area (Å²) in [4.78, 5) is 1.91. The molecule has 0 amide bonds. The molecule has 0 spiro atoms. The molecule has 1 atom stereocenters. The molecule has 0 saturated carbocycles. The van der Waals surface area contributed by atoms with Crippen LogP contribution in [0.5, 0.6) is 5.75 Å². The first kappa shape index (κ1) is 16.1. The minimum absolute atomic E-state index is 0.242. The SMILES string of the molecule is Cc1cc(OCC2N=NC(=S)N2c2ccccc2)cc(C)c1Br. The van der Waals surface area contributed by atoms with Crippen LogP contribution in [0.15, 0.2) is 57.2 Å². The third kappa shape index (κ3) is 3.43. The average Bonchev–Trinajstić information content (AvgIpc) is 2.92. The van der Waals surface area contributed by atoms with Gasteiger partial charge in [-0.05, 0) is 61.5 Å². The van der Waals surface area contributed by atoms with E-state index in [0.29, 0.717) is 11.7 Å². The lowest BCUT2D eigenvalue weighted by molar-refractivity contribution is 0.292. The Balaban J connectivity index is 1.75. The van der Waals surface area contributed by atoms with Crippen molar-refractivity contribution in [3.8, 4) is 5.75 Å². The van der Waals surface area contributed by atoms with Crippen molar-refractivity contribution in [2.45, 2.75) is 20.0 Å². The Morgan fingerprint density at radius 3 is 2.48 bits per heavy atom. The van der Waals surface area contributed by atoms with Gasteiger partial charge in [-0.15, -0.1) is 5.11 Å². The van der Waals surface area contributed by atoms with Crippen molar-refractivity contribution in [1.82, 2.24) is 0 Å². The normalized spacial score (nSPS) is 16.9. The van der Waals surface area contributed by atoms with Gasteiger partial charge < -0.3 is 4.74 Å². The van der Waals surface area contributed by atoms with Crippen molar-refractivity contribution >= 4 is 38.9 Å². The highest BCUT2D eigenvalue weighted by atomic mass is 79.9. The van der Waals surface area contributed by atoms with Gasteiger partial charge in [0.15, 0.2) is 6.17 Å². The molecule has 3 rings (SSSR count). The van der Waals surface area contributed by atoms with Crippen molar-refractivity contribution in [3.05, 3.63) is 58.1 Å². The van der Waals surface area contributed by atoms with Gasteiger partial charge in [0.05, 0.1) is 0 Å². The summed E-state index contributed by atoms with van der Waals surface area (Å²) in [5.41, 5.74) is 3.26. The van der Waals surface area contributed by atoms with Gasteiger partial charge in [-0.25, -0.2) is 0 Å². The zero-order chi connectivity index (χ0) is 16.4. The molecule has 0 radical (unpaired) electrons. The molecule has 0 aromatic heterocycles. The number of rotatable bonds is 4. The molecule has 0 saturated heterocycles. The van der Waals surface area contributed by atoms with Crippen molar-refractivity contribution in [3.63, 3.8) is 0 Å². The molecule has 2 aromatic carbocycles. The summed E-state index contributed by atoms with van der Waals surface area (Å²) in [5, 5.41) is 8.72. The van der Waals surface area contributed by atoms with Crippen LogP contribution in [0, 0.1) is 13.8 Å². The van der Waals surface area contributed by atoms with Gasteiger partial charge in [-0.3, -0.25) is 4.90 Å². The fourth-order valence-corrected chi connectivity index (χ4v) is 2.99. The first-order valence-corrected chi connectivity index (χ1v) is 8.45. The van der Waals surface area contributed by atoms with E-state index in [0.717, 1.165) is 27.0 Å². The van der Waals surface area contributed by atoms with Crippen molar-refractivity contribution < 1.29 is 4.74 Å². The number of aryl methyl sites for hydroxylation is 2. The number of benzene rings is 2. The first-order valence-electron chi connectivity index (χ1n) is 7.25. The van der Waals surface area contributed by atoms with Crippen LogP contribution in [0.1, 0.15) is 11.1 Å². The predicted octanol–water partition coefficient (Wildman–Crippen LogP) is 5.03. The number of halogens is 1. The number of nitrogens with zero attached hydrogens (tertiary/aromatic N) is 3. The number of hydrogen-bond acceptors (Lipinski definition) is 3. The van der Waals surface area contributed by atoms with E-state index in [1.807, 2.05) is 61.2 Å². The molecule has 6 heteroatoms. The second-order valence-corrected chi connectivity index (χ2v) is 6.52. The largest absolute Gasteiger partial charge is 0.489 e. The van der Waals surface area contributed by atoms with E-state index in [9.17, 15) is 0 Å². The van der Waals surface area contributed by atoms with Crippen LogP contribution in [-0.4, -0.2) is 17.9 Å². The second kappa shape index (κ2) is 6.76. The Kier molecular flexibility index (Phi) is 4.73. The van der Waals surface area contributed by atoms with Gasteiger partial charge in [0, 0.05) is 10.2 Å². The fourth-order valence-electron chi connectivity index (χ4n) is 2.48. The highest BCUT2D eigenvalue weighted by molar-refractivity contribution is 9.10. The van der Waals surface area contributed by atoms with Crippen molar-refractivity contribution in [2.24, 2.45) is 10.2 Å². The highest BCUT2D eigenvalue weighted by Crippen LogP contribution is 2.28. The monoisotopic (exact) mass is 389 g/mol. The maximum Gasteiger partial charge on any atom is 0.222 e. The van der Waals surface area contributed by atoms with Crippen LogP contribution in [0.3, 0.4) is 0 Å². The zero-order valence-electron chi connectivity index (χ0n) is 12.9. The lowest BCUT2D eigenvalue weighted by Gasteiger charge is -2.23. The molecule has 2 aromatic rings. The molecule has 0 bridgehead atoms. The van der Waals surface area contributed by atoms with Crippen LogP contribution in [0.2, 0.25) is 0 Å². The first-order chi connectivity index (χ1) is 11.1. The van der Waals surface area contributed by atoms with Crippen molar-refractivity contribution in [2.75, 3.05) is 11.5 Å². The molecule has 23 heavy (non-hydrogen) atoms. The third-order valence-corrected chi connectivity index (χ3v) is 5.15. The summed E-state index contributed by atoms with van der Waals surface area (Å²) in [7, 11) is 0. The second-order valence-electron chi connectivity index (χ2n) is 5.37. The number of hydrogen-bond donors (Lipinski definition) is 0. The molecule has 0 aliphatic carbocycles. The maximum absolute atomic E-state index is 5.93. The van der Waals surface area contributed by atoms with E-state index < -0.39 is 0 Å². The molecular formula is C17H16BrN3OS. The Morgan fingerprint density at radius 1 is 1.17 bits per heavy atom. The van der Waals surface area contributed by atoms with Gasteiger partial charge in [-0.2, -0.15) is 5.11 Å². The van der Waals surface area contributed by atoms with Crippen molar-refractivity contribution in [1.29, 1.82) is 0 Å². The van der Waals surface area contributed by atoms with Crippen LogP contribution in [0.25, 0.3) is 0 Å². The van der Waals surface area contributed by atoms with Gasteiger partial charge in [0.25, 0.3) is 0 Å². The number of para-hydroxylation sites is 1. The van der Waals surface area contributed by atoms with E-state index in [1.165, 1.54) is 0 Å². The molecule has 4 nitrogen and oxygen atoms in total. The summed E-state index contributed by atoms with van der Waals surface area (Å²) in [6.45, 7) is 4.48. The standard InChI is InChI=1S/C17H16BrN3OS/c1-11-8-14(9-12(2)16(11)18)22-10-15-19-20-17(23)21(15)13-6-4-3-5-7-13/h3-9,15H,10H2,1-2H3. The third-order valence-electron chi connectivity index (χ3n) is 3.62. The number of azo groups is 1. The van der Waals surface area contributed by atoms with Crippen LogP contribution in [-0.2, 0) is 0 Å².